The van der Waals surface area contributed by atoms with Crippen molar-refractivity contribution >= 4 is 0 Å². The van der Waals surface area contributed by atoms with Gasteiger partial charge in [0.2, 0.25) is 6.79 Å². The predicted octanol–water partition coefficient (Wildman–Crippen LogP) is 0.685. The third kappa shape index (κ3) is 2.88. The van der Waals surface area contributed by atoms with Crippen LogP contribution in [0.3, 0.4) is 0 Å². The summed E-state index contributed by atoms with van der Waals surface area (Å²) >= 11 is 0. The molecule has 0 radical (unpaired) electrons. The summed E-state index contributed by atoms with van der Waals surface area (Å²) in [6, 6.07) is 5.56. The van der Waals surface area contributed by atoms with Gasteiger partial charge in [-0.3, -0.25) is 0 Å². The Kier molecular flexibility index (Phi) is 4.19. The highest BCUT2D eigenvalue weighted by molar-refractivity contribution is 5.45. The fraction of sp³-hybridized carbons (Fsp3) is 0.500. The van der Waals surface area contributed by atoms with Crippen molar-refractivity contribution in [3.63, 3.8) is 0 Å². The number of rotatable bonds is 6. The van der Waals surface area contributed by atoms with Crippen molar-refractivity contribution in [3.05, 3.63) is 23.8 Å². The smallest absolute Gasteiger partial charge is 0.231 e. The highest BCUT2D eigenvalue weighted by Gasteiger charge is 2.17. The van der Waals surface area contributed by atoms with Crippen LogP contribution in [-0.4, -0.2) is 38.8 Å². The first-order valence-corrected chi connectivity index (χ1v) is 5.58. The average Bonchev–Trinajstić information content (AvgIpc) is 2.82. The summed E-state index contributed by atoms with van der Waals surface area (Å²) in [6.07, 6.45) is 0. The zero-order valence-electron chi connectivity index (χ0n) is 9.81. The molecule has 0 saturated carbocycles. The monoisotopic (exact) mass is 239 g/mol. The lowest BCUT2D eigenvalue weighted by molar-refractivity contribution is 0.173. The molecule has 0 saturated heterocycles. The Morgan fingerprint density at radius 2 is 2.24 bits per heavy atom. The van der Waals surface area contributed by atoms with Crippen LogP contribution in [0.5, 0.6) is 11.5 Å². The van der Waals surface area contributed by atoms with Crippen molar-refractivity contribution < 1.29 is 19.3 Å². The van der Waals surface area contributed by atoms with Gasteiger partial charge in [-0.15, -0.1) is 0 Å². The van der Waals surface area contributed by atoms with Gasteiger partial charge in [0.25, 0.3) is 0 Å². The lowest BCUT2D eigenvalue weighted by Crippen LogP contribution is -2.27. The molecule has 5 nitrogen and oxygen atoms in total. The molecule has 1 aliphatic heterocycles. The van der Waals surface area contributed by atoms with Gasteiger partial charge in [0.15, 0.2) is 11.5 Å². The van der Waals surface area contributed by atoms with Crippen molar-refractivity contribution in [3.8, 4) is 11.5 Å². The Balaban J connectivity index is 2.03. The molecule has 1 aromatic rings. The van der Waals surface area contributed by atoms with Crippen molar-refractivity contribution in [1.82, 2.24) is 5.32 Å². The molecule has 0 bridgehead atoms. The van der Waals surface area contributed by atoms with E-state index in [-0.39, 0.29) is 19.4 Å². The fourth-order valence-electron chi connectivity index (χ4n) is 1.75. The Bertz CT molecular complexity index is 370. The van der Waals surface area contributed by atoms with E-state index in [0.717, 1.165) is 17.1 Å². The van der Waals surface area contributed by atoms with Gasteiger partial charge in [0, 0.05) is 13.7 Å². The van der Waals surface area contributed by atoms with Gasteiger partial charge in [-0.25, -0.2) is 0 Å². The minimum Gasteiger partial charge on any atom is -0.454 e. The molecule has 0 spiro atoms. The summed E-state index contributed by atoms with van der Waals surface area (Å²) < 4.78 is 15.5. The zero-order valence-corrected chi connectivity index (χ0v) is 9.81. The molecule has 0 amide bonds. The number of hydrogen-bond acceptors (Lipinski definition) is 5. The maximum atomic E-state index is 9.35. The van der Waals surface area contributed by atoms with E-state index < -0.39 is 0 Å². The molecule has 2 rings (SSSR count). The lowest BCUT2D eigenvalue weighted by atomic mass is 10.1. The summed E-state index contributed by atoms with van der Waals surface area (Å²) in [6.45, 7) is 1.60. The van der Waals surface area contributed by atoms with Crippen LogP contribution in [0.2, 0.25) is 0 Å². The Morgan fingerprint density at radius 1 is 1.41 bits per heavy atom. The molecule has 1 atom stereocenters. The summed E-state index contributed by atoms with van der Waals surface area (Å²) in [5.41, 5.74) is 0.979. The number of fused-ring (bicyclic) bond motifs is 1. The first-order chi connectivity index (χ1) is 8.35. The van der Waals surface area contributed by atoms with Gasteiger partial charge in [-0.05, 0) is 17.7 Å². The average molecular weight is 239 g/mol. The molecule has 0 fully saturated rings. The van der Waals surface area contributed by atoms with E-state index >= 15 is 0 Å². The van der Waals surface area contributed by atoms with Crippen LogP contribution in [0.15, 0.2) is 18.2 Å². The molecule has 5 heteroatoms. The molecule has 1 heterocycles. The molecular weight excluding hydrogens is 222 g/mol. The largest absolute Gasteiger partial charge is 0.454 e. The van der Waals surface area contributed by atoms with Gasteiger partial charge in [-0.1, -0.05) is 6.07 Å². The lowest BCUT2D eigenvalue weighted by Gasteiger charge is -2.16. The maximum absolute atomic E-state index is 9.35. The number of aliphatic hydroxyl groups is 1. The van der Waals surface area contributed by atoms with E-state index in [4.69, 9.17) is 14.2 Å². The standard InChI is InChI=1S/C12H17NO4/c1-15-5-4-13-10(7-14)9-2-3-11-12(6-9)17-8-16-11/h2-3,6,10,13-14H,4-5,7-8H2,1H3. The van der Waals surface area contributed by atoms with E-state index in [9.17, 15) is 5.11 Å². The summed E-state index contributed by atoms with van der Waals surface area (Å²) in [5.74, 6) is 1.48. The minimum atomic E-state index is -0.111. The van der Waals surface area contributed by atoms with Gasteiger partial charge in [-0.2, -0.15) is 0 Å². The first kappa shape index (κ1) is 12.2. The third-order valence-corrected chi connectivity index (χ3v) is 2.68. The van der Waals surface area contributed by atoms with Crippen LogP contribution in [0.4, 0.5) is 0 Å². The zero-order chi connectivity index (χ0) is 12.1. The molecule has 0 aromatic heterocycles. The van der Waals surface area contributed by atoms with Crippen molar-refractivity contribution in [2.24, 2.45) is 0 Å². The molecule has 2 N–H and O–H groups in total. The van der Waals surface area contributed by atoms with E-state index in [1.54, 1.807) is 7.11 Å². The van der Waals surface area contributed by atoms with Gasteiger partial charge in [0.1, 0.15) is 0 Å². The van der Waals surface area contributed by atoms with Crippen LogP contribution in [0.1, 0.15) is 11.6 Å². The van der Waals surface area contributed by atoms with Crippen LogP contribution in [0, 0.1) is 0 Å². The van der Waals surface area contributed by atoms with Gasteiger partial charge in [0.05, 0.1) is 19.3 Å². The first-order valence-electron chi connectivity index (χ1n) is 5.58. The van der Waals surface area contributed by atoms with E-state index in [0.29, 0.717) is 13.2 Å². The van der Waals surface area contributed by atoms with E-state index in [1.807, 2.05) is 18.2 Å². The Hall–Kier alpha value is -1.30. The highest BCUT2D eigenvalue weighted by Crippen LogP contribution is 2.34. The van der Waals surface area contributed by atoms with Crippen LogP contribution in [-0.2, 0) is 4.74 Å². The minimum absolute atomic E-state index is 0.0311. The third-order valence-electron chi connectivity index (χ3n) is 2.68. The molecule has 1 unspecified atom stereocenters. The van der Waals surface area contributed by atoms with E-state index in [2.05, 4.69) is 5.32 Å². The second kappa shape index (κ2) is 5.86. The quantitative estimate of drug-likeness (QED) is 0.715. The number of aliphatic hydroxyl groups excluding tert-OH is 1. The van der Waals surface area contributed by atoms with Crippen molar-refractivity contribution in [1.29, 1.82) is 0 Å². The van der Waals surface area contributed by atoms with E-state index in [1.165, 1.54) is 0 Å². The second-order valence-corrected chi connectivity index (χ2v) is 3.79. The summed E-state index contributed by atoms with van der Waals surface area (Å²) in [4.78, 5) is 0. The van der Waals surface area contributed by atoms with Crippen molar-refractivity contribution in [2.45, 2.75) is 6.04 Å². The summed E-state index contributed by atoms with van der Waals surface area (Å²) in [7, 11) is 1.65. The highest BCUT2D eigenvalue weighted by atomic mass is 16.7. The molecule has 0 aliphatic carbocycles. The van der Waals surface area contributed by atoms with Gasteiger partial charge < -0.3 is 24.6 Å². The number of methoxy groups -OCH3 is 1. The van der Waals surface area contributed by atoms with Crippen molar-refractivity contribution in [2.75, 3.05) is 33.7 Å². The number of benzene rings is 1. The van der Waals surface area contributed by atoms with Crippen LogP contribution in [0.25, 0.3) is 0 Å². The molecule has 94 valence electrons. The summed E-state index contributed by atoms with van der Waals surface area (Å²) in [5, 5.41) is 12.6. The van der Waals surface area contributed by atoms with Gasteiger partial charge >= 0.3 is 0 Å². The topological polar surface area (TPSA) is 60.0 Å². The Morgan fingerprint density at radius 3 is 3.00 bits per heavy atom. The molecule has 17 heavy (non-hydrogen) atoms. The van der Waals surface area contributed by atoms with Crippen LogP contribution >= 0.6 is 0 Å². The fourth-order valence-corrected chi connectivity index (χ4v) is 1.75. The molecule has 1 aromatic carbocycles. The molecular formula is C12H17NO4. The second-order valence-electron chi connectivity index (χ2n) is 3.79. The maximum Gasteiger partial charge on any atom is 0.231 e. The Labute approximate surface area is 100 Å². The normalized spacial score (nSPS) is 14.9. The molecule has 1 aliphatic rings. The predicted molar refractivity (Wildman–Crippen MR) is 62.3 cm³/mol. The SMILES string of the molecule is COCCNC(CO)c1ccc2c(c1)OCO2. The number of ether oxygens (including phenoxy) is 3. The number of nitrogens with one attached hydrogen (secondary N) is 1. The number of hydrogen-bond donors (Lipinski definition) is 2. The van der Waals surface area contributed by atoms with Crippen LogP contribution < -0.4 is 14.8 Å².